The molecule has 0 amide bonds. The van der Waals surface area contributed by atoms with Crippen molar-refractivity contribution in [3.8, 4) is 22.5 Å². The first-order valence-corrected chi connectivity index (χ1v) is 6.83. The average Bonchev–Trinajstić information content (AvgIpc) is 3.13. The molecular weight excluding hydrogens is 281 g/mol. The van der Waals surface area contributed by atoms with E-state index in [-0.39, 0.29) is 5.82 Å². The van der Waals surface area contributed by atoms with Crippen molar-refractivity contribution in [2.45, 2.75) is 6.92 Å². The molecule has 3 heterocycles. The highest BCUT2D eigenvalue weighted by atomic mass is 19.1. The van der Waals surface area contributed by atoms with Crippen LogP contribution in [-0.2, 0) is 0 Å². The van der Waals surface area contributed by atoms with Crippen LogP contribution in [0.25, 0.3) is 33.4 Å². The lowest BCUT2D eigenvalue weighted by atomic mass is 10.1. The molecule has 0 bridgehead atoms. The van der Waals surface area contributed by atoms with Gasteiger partial charge in [-0.15, -0.1) is 0 Å². The molecule has 3 aromatic heterocycles. The molecule has 0 fully saturated rings. The van der Waals surface area contributed by atoms with Gasteiger partial charge in [0.2, 0.25) is 0 Å². The van der Waals surface area contributed by atoms with Gasteiger partial charge in [-0.05, 0) is 25.1 Å². The normalized spacial score (nSPS) is 11.2. The summed E-state index contributed by atoms with van der Waals surface area (Å²) in [6.07, 6.45) is 3.43. The molecule has 0 atom stereocenters. The summed E-state index contributed by atoms with van der Waals surface area (Å²) in [5.41, 5.74) is 4.44. The molecule has 0 aliphatic heterocycles. The van der Waals surface area contributed by atoms with E-state index in [0.29, 0.717) is 11.3 Å². The van der Waals surface area contributed by atoms with Gasteiger partial charge in [-0.25, -0.2) is 4.39 Å². The SMILES string of the molecule is Cc1[nH]ncc1-c1cc2c(-c3ccccc3F)n[nH]c2cn1. The Hall–Kier alpha value is -3.02. The lowest BCUT2D eigenvalue weighted by Crippen LogP contribution is -1.86. The maximum absolute atomic E-state index is 14.0. The van der Waals surface area contributed by atoms with Gasteiger partial charge in [-0.2, -0.15) is 10.2 Å². The smallest absolute Gasteiger partial charge is 0.132 e. The Bertz CT molecular complexity index is 970. The van der Waals surface area contributed by atoms with E-state index < -0.39 is 0 Å². The van der Waals surface area contributed by atoms with Gasteiger partial charge in [0, 0.05) is 22.2 Å². The summed E-state index contributed by atoms with van der Waals surface area (Å²) >= 11 is 0. The van der Waals surface area contributed by atoms with Crippen LogP contribution in [-0.4, -0.2) is 25.4 Å². The van der Waals surface area contributed by atoms with Crippen molar-refractivity contribution in [2.75, 3.05) is 0 Å². The number of halogens is 1. The number of rotatable bonds is 2. The van der Waals surface area contributed by atoms with E-state index in [9.17, 15) is 4.39 Å². The fourth-order valence-corrected chi connectivity index (χ4v) is 2.53. The first-order valence-electron chi connectivity index (χ1n) is 6.83. The number of H-pyrrole nitrogens is 2. The van der Waals surface area contributed by atoms with Gasteiger partial charge < -0.3 is 0 Å². The average molecular weight is 293 g/mol. The molecule has 0 unspecified atom stereocenters. The third-order valence-corrected chi connectivity index (χ3v) is 3.68. The summed E-state index contributed by atoms with van der Waals surface area (Å²) in [6, 6.07) is 8.50. The number of hydrogen-bond donors (Lipinski definition) is 2. The number of aromatic amines is 2. The van der Waals surface area contributed by atoms with Gasteiger partial charge in [-0.3, -0.25) is 15.2 Å². The Kier molecular flexibility index (Phi) is 2.75. The van der Waals surface area contributed by atoms with Gasteiger partial charge in [-0.1, -0.05) is 12.1 Å². The van der Waals surface area contributed by atoms with Gasteiger partial charge in [0.05, 0.1) is 23.6 Å². The second kappa shape index (κ2) is 4.77. The third-order valence-electron chi connectivity index (χ3n) is 3.68. The molecule has 1 aromatic carbocycles. The topological polar surface area (TPSA) is 70.2 Å². The zero-order chi connectivity index (χ0) is 15.1. The van der Waals surface area contributed by atoms with Crippen molar-refractivity contribution in [3.63, 3.8) is 0 Å². The van der Waals surface area contributed by atoms with Crippen LogP contribution in [0.5, 0.6) is 0 Å². The molecule has 22 heavy (non-hydrogen) atoms. The highest BCUT2D eigenvalue weighted by Gasteiger charge is 2.14. The van der Waals surface area contributed by atoms with Crippen molar-refractivity contribution < 1.29 is 4.39 Å². The first-order chi connectivity index (χ1) is 10.7. The van der Waals surface area contributed by atoms with E-state index >= 15 is 0 Å². The minimum atomic E-state index is -0.297. The molecule has 2 N–H and O–H groups in total. The van der Waals surface area contributed by atoms with Crippen molar-refractivity contribution >= 4 is 10.9 Å². The van der Waals surface area contributed by atoms with Crippen LogP contribution in [0.15, 0.2) is 42.7 Å². The van der Waals surface area contributed by atoms with Crippen LogP contribution in [0.2, 0.25) is 0 Å². The lowest BCUT2D eigenvalue weighted by molar-refractivity contribution is 0.631. The summed E-state index contributed by atoms with van der Waals surface area (Å²) in [6.45, 7) is 1.93. The summed E-state index contributed by atoms with van der Waals surface area (Å²) in [5, 5.41) is 14.9. The Morgan fingerprint density at radius 1 is 1.05 bits per heavy atom. The number of pyridine rings is 1. The quantitative estimate of drug-likeness (QED) is 0.594. The predicted molar refractivity (Wildman–Crippen MR) is 81.6 cm³/mol. The van der Waals surface area contributed by atoms with Crippen LogP contribution >= 0.6 is 0 Å². The molecule has 5 nitrogen and oxygen atoms in total. The molecule has 4 rings (SSSR count). The Balaban J connectivity index is 1.95. The molecule has 0 radical (unpaired) electrons. The molecule has 108 valence electrons. The Morgan fingerprint density at radius 2 is 1.91 bits per heavy atom. The van der Waals surface area contributed by atoms with Crippen molar-refractivity contribution in [3.05, 3.63) is 54.2 Å². The van der Waals surface area contributed by atoms with Crippen LogP contribution in [0.1, 0.15) is 5.69 Å². The molecule has 0 saturated heterocycles. The molecular formula is C16H12FN5. The highest BCUT2D eigenvalue weighted by molar-refractivity contribution is 5.94. The standard InChI is InChI=1S/C16H12FN5/c1-9-12(7-19-20-9)14-6-11-15(8-18-14)21-22-16(11)10-4-2-3-5-13(10)17/h2-8H,1H3,(H,19,20)(H,21,22). The Morgan fingerprint density at radius 3 is 2.68 bits per heavy atom. The zero-order valence-electron chi connectivity index (χ0n) is 11.8. The maximum atomic E-state index is 14.0. The van der Waals surface area contributed by atoms with E-state index in [4.69, 9.17) is 0 Å². The minimum Gasteiger partial charge on any atom is -0.282 e. The fourth-order valence-electron chi connectivity index (χ4n) is 2.53. The summed E-state index contributed by atoms with van der Waals surface area (Å²) in [5.74, 6) is -0.297. The largest absolute Gasteiger partial charge is 0.282 e. The number of hydrogen-bond acceptors (Lipinski definition) is 3. The van der Waals surface area contributed by atoms with Gasteiger partial charge in [0.15, 0.2) is 0 Å². The number of aryl methyl sites for hydroxylation is 1. The molecule has 0 aliphatic rings. The van der Waals surface area contributed by atoms with E-state index in [1.807, 2.05) is 13.0 Å². The fraction of sp³-hybridized carbons (Fsp3) is 0.0625. The molecule has 4 aromatic rings. The van der Waals surface area contributed by atoms with Crippen molar-refractivity contribution in [1.82, 2.24) is 25.4 Å². The summed E-state index contributed by atoms with van der Waals surface area (Å²) < 4.78 is 14.0. The minimum absolute atomic E-state index is 0.297. The second-order valence-corrected chi connectivity index (χ2v) is 5.08. The number of fused-ring (bicyclic) bond motifs is 1. The number of nitrogens with one attached hydrogen (secondary N) is 2. The lowest BCUT2D eigenvalue weighted by Gasteiger charge is -2.02. The van der Waals surface area contributed by atoms with Gasteiger partial charge >= 0.3 is 0 Å². The molecule has 6 heteroatoms. The third kappa shape index (κ3) is 1.88. The number of aromatic nitrogens is 5. The molecule has 0 aliphatic carbocycles. The van der Waals surface area contributed by atoms with E-state index in [2.05, 4.69) is 25.4 Å². The molecule has 0 saturated carbocycles. The monoisotopic (exact) mass is 293 g/mol. The zero-order valence-corrected chi connectivity index (χ0v) is 11.8. The van der Waals surface area contributed by atoms with Crippen LogP contribution in [0.3, 0.4) is 0 Å². The first kappa shape index (κ1) is 12.7. The van der Waals surface area contributed by atoms with Crippen molar-refractivity contribution in [2.24, 2.45) is 0 Å². The molecule has 0 spiro atoms. The Labute approximate surface area is 125 Å². The van der Waals surface area contributed by atoms with E-state index in [1.165, 1.54) is 6.07 Å². The van der Waals surface area contributed by atoms with Crippen LogP contribution in [0.4, 0.5) is 4.39 Å². The van der Waals surface area contributed by atoms with Gasteiger partial charge in [0.1, 0.15) is 11.5 Å². The number of nitrogens with zero attached hydrogens (tertiary/aromatic N) is 3. The number of benzene rings is 1. The van der Waals surface area contributed by atoms with E-state index in [1.54, 1.807) is 30.6 Å². The second-order valence-electron chi connectivity index (χ2n) is 5.08. The van der Waals surface area contributed by atoms with E-state index in [0.717, 1.165) is 27.9 Å². The van der Waals surface area contributed by atoms with Gasteiger partial charge in [0.25, 0.3) is 0 Å². The predicted octanol–water partition coefficient (Wildman–Crippen LogP) is 3.46. The maximum Gasteiger partial charge on any atom is 0.132 e. The van der Waals surface area contributed by atoms with Crippen LogP contribution < -0.4 is 0 Å². The van der Waals surface area contributed by atoms with Crippen molar-refractivity contribution in [1.29, 1.82) is 0 Å². The highest BCUT2D eigenvalue weighted by Crippen LogP contribution is 2.30. The van der Waals surface area contributed by atoms with Crippen LogP contribution in [0, 0.1) is 12.7 Å². The summed E-state index contributed by atoms with van der Waals surface area (Å²) in [7, 11) is 0. The summed E-state index contributed by atoms with van der Waals surface area (Å²) in [4.78, 5) is 4.41.